The number of nitriles is 1. The topological polar surface area (TPSA) is 72.8 Å². The molecule has 0 amide bonds. The molecule has 90 valence electrons. The van der Waals surface area contributed by atoms with Gasteiger partial charge < -0.3 is 9.73 Å². The van der Waals surface area contributed by atoms with E-state index in [1.165, 1.54) is 0 Å². The quantitative estimate of drug-likeness (QED) is 0.840. The summed E-state index contributed by atoms with van der Waals surface area (Å²) < 4.78 is 5.42. The first kappa shape index (κ1) is 11.7. The van der Waals surface area contributed by atoms with E-state index >= 15 is 0 Å². The molecule has 0 saturated carbocycles. The highest BCUT2D eigenvalue weighted by Gasteiger charge is 2.27. The van der Waals surface area contributed by atoms with Gasteiger partial charge in [-0.25, -0.2) is 0 Å². The smallest absolute Gasteiger partial charge is 0.109 e. The molecule has 4 heteroatoms. The minimum atomic E-state index is 0.0495. The molecule has 0 bridgehead atoms. The zero-order valence-electron chi connectivity index (χ0n) is 9.78. The van der Waals surface area contributed by atoms with Gasteiger partial charge in [-0.2, -0.15) is 5.26 Å². The van der Waals surface area contributed by atoms with E-state index in [0.29, 0.717) is 12.3 Å². The molecule has 2 heterocycles. The maximum atomic E-state index is 8.93. The number of hydrogen-bond acceptors (Lipinski definition) is 3. The van der Waals surface area contributed by atoms with E-state index in [-0.39, 0.29) is 12.0 Å². The van der Waals surface area contributed by atoms with Crippen molar-refractivity contribution >= 4 is 5.84 Å². The fourth-order valence-corrected chi connectivity index (χ4v) is 2.38. The summed E-state index contributed by atoms with van der Waals surface area (Å²) in [6.45, 7) is 0. The molecule has 4 nitrogen and oxygen atoms in total. The lowest BCUT2D eigenvalue weighted by molar-refractivity contribution is 0.386. The predicted molar refractivity (Wildman–Crippen MR) is 64.8 cm³/mol. The van der Waals surface area contributed by atoms with Crippen LogP contribution >= 0.6 is 0 Å². The fraction of sp³-hybridized carbons (Fsp3) is 0.538. The van der Waals surface area contributed by atoms with Gasteiger partial charge in [-0.1, -0.05) is 6.42 Å². The van der Waals surface area contributed by atoms with Crippen molar-refractivity contribution in [2.24, 2.45) is 0 Å². The number of nitrogens with zero attached hydrogens (tertiary/aromatic N) is 1. The lowest BCUT2D eigenvalue weighted by Crippen LogP contribution is -2.37. The second-order valence-electron chi connectivity index (χ2n) is 4.46. The lowest BCUT2D eigenvalue weighted by atomic mass is 9.91. The minimum Gasteiger partial charge on any atom is -0.469 e. The van der Waals surface area contributed by atoms with Gasteiger partial charge >= 0.3 is 0 Å². The number of rotatable bonds is 3. The molecule has 17 heavy (non-hydrogen) atoms. The molecule has 0 radical (unpaired) electrons. The van der Waals surface area contributed by atoms with Crippen LogP contribution in [0.25, 0.3) is 0 Å². The molecule has 2 N–H and O–H groups in total. The first-order chi connectivity index (χ1) is 8.31. The van der Waals surface area contributed by atoms with Crippen LogP contribution in [0.3, 0.4) is 0 Å². The van der Waals surface area contributed by atoms with E-state index < -0.39 is 0 Å². The van der Waals surface area contributed by atoms with Gasteiger partial charge in [-0.15, -0.1) is 0 Å². The van der Waals surface area contributed by atoms with Crippen molar-refractivity contribution in [3.8, 4) is 6.07 Å². The molecule has 0 aliphatic carbocycles. The van der Waals surface area contributed by atoms with Gasteiger partial charge in [0, 0.05) is 18.9 Å². The van der Waals surface area contributed by atoms with Crippen LogP contribution in [-0.2, 0) is 0 Å². The molecule has 0 aromatic carbocycles. The highest BCUT2D eigenvalue weighted by Crippen LogP contribution is 2.28. The first-order valence-electron chi connectivity index (χ1n) is 6.05. The number of hydrogen-bond donors (Lipinski definition) is 2. The molecule has 2 unspecified atom stereocenters. The molecule has 1 aliphatic rings. The summed E-state index contributed by atoms with van der Waals surface area (Å²) in [5.41, 5.74) is 0. The van der Waals surface area contributed by atoms with Gasteiger partial charge in [0.05, 0.1) is 24.1 Å². The van der Waals surface area contributed by atoms with E-state index in [4.69, 9.17) is 15.1 Å². The SMILES string of the molecule is N#CCC(c1ccco1)C1CCCCC(=N)N1. The van der Waals surface area contributed by atoms with Crippen LogP contribution in [0.15, 0.2) is 22.8 Å². The van der Waals surface area contributed by atoms with Crippen molar-refractivity contribution in [3.63, 3.8) is 0 Å². The Morgan fingerprint density at radius 3 is 3.18 bits per heavy atom. The number of amidine groups is 1. The Bertz CT molecular complexity index is 405. The van der Waals surface area contributed by atoms with E-state index in [1.807, 2.05) is 12.1 Å². The Hall–Kier alpha value is -1.76. The Labute approximate surface area is 101 Å². The number of nitrogens with one attached hydrogen (secondary N) is 2. The number of furan rings is 1. The van der Waals surface area contributed by atoms with Crippen LogP contribution in [0.5, 0.6) is 0 Å². The van der Waals surface area contributed by atoms with E-state index in [0.717, 1.165) is 31.4 Å². The average molecular weight is 231 g/mol. The van der Waals surface area contributed by atoms with Gasteiger partial charge in [0.1, 0.15) is 5.76 Å². The van der Waals surface area contributed by atoms with Crippen LogP contribution in [0, 0.1) is 16.7 Å². The summed E-state index contributed by atoms with van der Waals surface area (Å²) in [4.78, 5) is 0. The third kappa shape index (κ3) is 2.88. The van der Waals surface area contributed by atoms with Crippen molar-refractivity contribution in [1.29, 1.82) is 10.7 Å². The van der Waals surface area contributed by atoms with Crippen molar-refractivity contribution in [2.45, 2.75) is 44.1 Å². The first-order valence-corrected chi connectivity index (χ1v) is 6.05. The molecule has 1 saturated heterocycles. The molecular weight excluding hydrogens is 214 g/mol. The van der Waals surface area contributed by atoms with Gasteiger partial charge in [-0.05, 0) is 25.0 Å². The van der Waals surface area contributed by atoms with Gasteiger partial charge in [0.15, 0.2) is 0 Å². The summed E-state index contributed by atoms with van der Waals surface area (Å²) in [5.74, 6) is 1.48. The highest BCUT2D eigenvalue weighted by atomic mass is 16.3. The highest BCUT2D eigenvalue weighted by molar-refractivity contribution is 5.79. The van der Waals surface area contributed by atoms with Crippen LogP contribution in [-0.4, -0.2) is 11.9 Å². The molecular formula is C13H17N3O. The summed E-state index contributed by atoms with van der Waals surface area (Å²) in [6, 6.07) is 6.13. The summed E-state index contributed by atoms with van der Waals surface area (Å²) in [7, 11) is 0. The molecule has 1 aromatic rings. The average Bonchev–Trinajstić information content (AvgIpc) is 2.75. The molecule has 1 aliphatic heterocycles. The fourth-order valence-electron chi connectivity index (χ4n) is 2.38. The largest absolute Gasteiger partial charge is 0.469 e. The second kappa shape index (κ2) is 5.53. The van der Waals surface area contributed by atoms with Crippen LogP contribution in [0.1, 0.15) is 43.8 Å². The predicted octanol–water partition coefficient (Wildman–Crippen LogP) is 2.79. The van der Waals surface area contributed by atoms with Gasteiger partial charge in [0.25, 0.3) is 0 Å². The lowest BCUT2D eigenvalue weighted by Gasteiger charge is -2.24. The molecule has 1 aromatic heterocycles. The Morgan fingerprint density at radius 1 is 1.59 bits per heavy atom. The van der Waals surface area contributed by atoms with Crippen LogP contribution in [0.4, 0.5) is 0 Å². The molecule has 0 spiro atoms. The Morgan fingerprint density at radius 2 is 2.47 bits per heavy atom. The summed E-state index contributed by atoms with van der Waals surface area (Å²) >= 11 is 0. The Balaban J connectivity index is 2.15. The normalized spacial score (nSPS) is 22.3. The van der Waals surface area contributed by atoms with E-state index in [1.54, 1.807) is 6.26 Å². The molecule has 2 atom stereocenters. The maximum Gasteiger partial charge on any atom is 0.109 e. The summed E-state index contributed by atoms with van der Waals surface area (Å²) in [6.07, 6.45) is 6.03. The van der Waals surface area contributed by atoms with Gasteiger partial charge in [-0.3, -0.25) is 5.41 Å². The molecule has 1 fully saturated rings. The second-order valence-corrected chi connectivity index (χ2v) is 4.46. The zero-order chi connectivity index (χ0) is 12.1. The monoisotopic (exact) mass is 231 g/mol. The zero-order valence-corrected chi connectivity index (χ0v) is 9.78. The van der Waals surface area contributed by atoms with Crippen molar-refractivity contribution in [3.05, 3.63) is 24.2 Å². The van der Waals surface area contributed by atoms with Crippen molar-refractivity contribution < 1.29 is 4.42 Å². The standard InChI is InChI=1S/C13H17N3O/c14-8-7-10(12-5-3-9-17-12)11-4-1-2-6-13(15)16-11/h3,5,9-11H,1-2,4,6-7H2,(H2,15,16). The third-order valence-electron chi connectivity index (χ3n) is 3.26. The molecule has 2 rings (SSSR count). The van der Waals surface area contributed by atoms with Crippen molar-refractivity contribution in [2.75, 3.05) is 0 Å². The summed E-state index contributed by atoms with van der Waals surface area (Å²) in [5, 5.41) is 19.9. The minimum absolute atomic E-state index is 0.0495. The van der Waals surface area contributed by atoms with Crippen LogP contribution < -0.4 is 5.32 Å². The van der Waals surface area contributed by atoms with E-state index in [2.05, 4.69) is 11.4 Å². The maximum absolute atomic E-state index is 8.93. The van der Waals surface area contributed by atoms with E-state index in [9.17, 15) is 0 Å². The van der Waals surface area contributed by atoms with Gasteiger partial charge in [0.2, 0.25) is 0 Å². The third-order valence-corrected chi connectivity index (χ3v) is 3.26. The van der Waals surface area contributed by atoms with Crippen molar-refractivity contribution in [1.82, 2.24) is 5.32 Å². The Kier molecular flexibility index (Phi) is 3.81. The van der Waals surface area contributed by atoms with Crippen LogP contribution in [0.2, 0.25) is 0 Å².